The third-order valence-electron chi connectivity index (χ3n) is 5.82. The zero-order valence-electron chi connectivity index (χ0n) is 23.1. The van der Waals surface area contributed by atoms with Crippen LogP contribution in [0.4, 0.5) is 32.3 Å². The Balaban J connectivity index is 0.00000141. The summed E-state index contributed by atoms with van der Waals surface area (Å²) in [6, 6.07) is 0. The van der Waals surface area contributed by atoms with E-state index in [2.05, 4.69) is 15.1 Å². The number of H-pyrrole nitrogens is 1. The van der Waals surface area contributed by atoms with E-state index in [-0.39, 0.29) is 43.6 Å². The Morgan fingerprint density at radius 1 is 0.927 bits per heavy atom. The van der Waals surface area contributed by atoms with Crippen molar-refractivity contribution in [3.8, 4) is 0 Å². The van der Waals surface area contributed by atoms with E-state index in [1.54, 1.807) is 9.80 Å². The monoisotopic (exact) mass is 593 g/mol. The van der Waals surface area contributed by atoms with Crippen LogP contribution in [0.1, 0.15) is 45.2 Å². The van der Waals surface area contributed by atoms with Gasteiger partial charge in [-0.25, -0.2) is 15.1 Å². The summed E-state index contributed by atoms with van der Waals surface area (Å²) in [7, 11) is 0. The molecule has 4 rings (SSSR count). The second-order valence-corrected chi connectivity index (χ2v) is 8.19. The van der Waals surface area contributed by atoms with E-state index in [0.29, 0.717) is 38.6 Å². The zero-order valence-corrected chi connectivity index (χ0v) is 23.1. The SMILES string of the molecule is CC.CC.O=C(CCOCCn1cc(C(F)(F)F)c2c(=O)[nH]ncc21)N1CCN(c2ncc(C(F)(F)F)cn2)CC1. The van der Waals surface area contributed by atoms with Crippen LogP contribution in [0.3, 0.4) is 0 Å². The Labute approximate surface area is 232 Å². The second kappa shape index (κ2) is 14.8. The molecule has 1 N–H and O–H groups in total. The molecule has 0 bridgehead atoms. The van der Waals surface area contributed by atoms with Crippen LogP contribution in [0.5, 0.6) is 0 Å². The van der Waals surface area contributed by atoms with Crippen molar-refractivity contribution in [1.29, 1.82) is 0 Å². The zero-order chi connectivity index (χ0) is 30.8. The van der Waals surface area contributed by atoms with E-state index in [1.165, 1.54) is 4.57 Å². The highest BCUT2D eigenvalue weighted by atomic mass is 19.4. The molecule has 3 aromatic heterocycles. The molecule has 0 aliphatic carbocycles. The molecule has 228 valence electrons. The van der Waals surface area contributed by atoms with Gasteiger partial charge in [0.05, 0.1) is 47.9 Å². The number of alkyl halides is 6. The molecule has 4 heterocycles. The van der Waals surface area contributed by atoms with E-state index < -0.39 is 34.4 Å². The minimum Gasteiger partial charge on any atom is -0.379 e. The Morgan fingerprint density at radius 2 is 1.54 bits per heavy atom. The van der Waals surface area contributed by atoms with E-state index >= 15 is 0 Å². The van der Waals surface area contributed by atoms with Crippen LogP contribution in [0.25, 0.3) is 10.9 Å². The van der Waals surface area contributed by atoms with Crippen molar-refractivity contribution < 1.29 is 35.9 Å². The largest absolute Gasteiger partial charge is 0.419 e. The molecule has 0 atom stereocenters. The molecule has 1 aliphatic rings. The average molecular weight is 594 g/mol. The highest BCUT2D eigenvalue weighted by molar-refractivity contribution is 5.82. The van der Waals surface area contributed by atoms with E-state index in [9.17, 15) is 35.9 Å². The average Bonchev–Trinajstić information content (AvgIpc) is 3.35. The Kier molecular flexibility index (Phi) is 12.1. The van der Waals surface area contributed by atoms with Gasteiger partial charge in [0.15, 0.2) is 0 Å². The van der Waals surface area contributed by atoms with Gasteiger partial charge in [-0.2, -0.15) is 31.4 Å². The van der Waals surface area contributed by atoms with Gasteiger partial charge < -0.3 is 19.1 Å². The second-order valence-electron chi connectivity index (χ2n) is 8.19. The number of rotatable bonds is 7. The first kappa shape index (κ1) is 33.5. The van der Waals surface area contributed by atoms with Crippen LogP contribution in [0.15, 0.2) is 29.6 Å². The number of amides is 1. The van der Waals surface area contributed by atoms with Gasteiger partial charge in [-0.15, -0.1) is 0 Å². The number of nitrogens with one attached hydrogen (secondary N) is 1. The highest BCUT2D eigenvalue weighted by Gasteiger charge is 2.36. The predicted octanol–water partition coefficient (Wildman–Crippen LogP) is 4.36. The topological polar surface area (TPSA) is 109 Å². The van der Waals surface area contributed by atoms with Gasteiger partial charge in [0.1, 0.15) is 0 Å². The first-order valence-corrected chi connectivity index (χ1v) is 13.1. The molecule has 16 heteroatoms. The molecule has 0 aromatic carbocycles. The van der Waals surface area contributed by atoms with Gasteiger partial charge in [0.2, 0.25) is 11.9 Å². The molecule has 1 saturated heterocycles. The molecule has 1 aliphatic heterocycles. The highest BCUT2D eigenvalue weighted by Crippen LogP contribution is 2.34. The fourth-order valence-electron chi connectivity index (χ4n) is 3.93. The standard InChI is InChI=1S/C21H21F6N7O3.2C2H6/c22-20(23,24)13-9-28-19(29-10-13)33-4-2-32(3-5-33)16(35)1-7-37-8-6-34-12-14(21(25,26)27)17-15(34)11-30-31-18(17)36;2*1-2/h9-12H,1-8H2,(H,31,36);2*1-2H3. The quantitative estimate of drug-likeness (QED) is 0.320. The lowest BCUT2D eigenvalue weighted by Gasteiger charge is -2.34. The van der Waals surface area contributed by atoms with Gasteiger partial charge in [-0.3, -0.25) is 9.59 Å². The summed E-state index contributed by atoms with van der Waals surface area (Å²) in [5, 5.41) is 5.05. The maximum atomic E-state index is 13.3. The fourth-order valence-corrected chi connectivity index (χ4v) is 3.93. The third kappa shape index (κ3) is 8.65. The maximum Gasteiger partial charge on any atom is 0.419 e. The lowest BCUT2D eigenvalue weighted by atomic mass is 10.2. The van der Waals surface area contributed by atoms with Crippen molar-refractivity contribution >= 4 is 22.8 Å². The van der Waals surface area contributed by atoms with E-state index in [4.69, 9.17) is 4.74 Å². The fraction of sp³-hybridized carbons (Fsp3) is 0.560. The van der Waals surface area contributed by atoms with Crippen LogP contribution in [-0.2, 0) is 28.4 Å². The number of ether oxygens (including phenoxy) is 1. The summed E-state index contributed by atoms with van der Waals surface area (Å²) in [5.74, 6) is -0.0543. The lowest BCUT2D eigenvalue weighted by Crippen LogP contribution is -2.49. The first-order chi connectivity index (χ1) is 19.4. The summed E-state index contributed by atoms with van der Waals surface area (Å²) >= 11 is 0. The number of halogens is 6. The molecule has 41 heavy (non-hydrogen) atoms. The van der Waals surface area contributed by atoms with Gasteiger partial charge in [0, 0.05) is 51.3 Å². The molecular formula is C25H33F6N7O3. The van der Waals surface area contributed by atoms with Crippen molar-refractivity contribution in [3.05, 3.63) is 46.3 Å². The summed E-state index contributed by atoms with van der Waals surface area (Å²) in [4.78, 5) is 35.1. The Bertz CT molecular complexity index is 1300. The first-order valence-electron chi connectivity index (χ1n) is 13.1. The van der Waals surface area contributed by atoms with Crippen molar-refractivity contribution in [1.82, 2.24) is 29.6 Å². The molecule has 0 unspecified atom stereocenters. The molecule has 10 nitrogen and oxygen atoms in total. The van der Waals surface area contributed by atoms with Crippen LogP contribution in [0.2, 0.25) is 0 Å². The number of aromatic amines is 1. The van der Waals surface area contributed by atoms with Gasteiger partial charge in [-0.1, -0.05) is 27.7 Å². The molecule has 0 saturated carbocycles. The minimum absolute atomic E-state index is 0.000192. The number of hydrogen-bond acceptors (Lipinski definition) is 7. The summed E-state index contributed by atoms with van der Waals surface area (Å²) in [6.07, 6.45) is -5.81. The number of carbonyl (C=O) groups is 1. The smallest absolute Gasteiger partial charge is 0.379 e. The number of aromatic nitrogens is 5. The number of anilines is 1. The van der Waals surface area contributed by atoms with Crippen molar-refractivity contribution in [2.24, 2.45) is 0 Å². The number of nitrogens with zero attached hydrogens (tertiary/aromatic N) is 6. The van der Waals surface area contributed by atoms with Crippen LogP contribution in [0, 0.1) is 0 Å². The number of fused-ring (bicyclic) bond motifs is 1. The van der Waals surface area contributed by atoms with E-state index in [0.717, 1.165) is 12.4 Å². The molecule has 0 spiro atoms. The molecular weight excluding hydrogens is 560 g/mol. The van der Waals surface area contributed by atoms with Gasteiger partial charge in [0.25, 0.3) is 5.56 Å². The van der Waals surface area contributed by atoms with Crippen molar-refractivity contribution in [2.75, 3.05) is 44.3 Å². The maximum absolute atomic E-state index is 13.3. The Morgan fingerprint density at radius 3 is 2.10 bits per heavy atom. The molecule has 1 amide bonds. The van der Waals surface area contributed by atoms with Crippen LogP contribution in [-0.4, -0.2) is 74.9 Å². The summed E-state index contributed by atoms with van der Waals surface area (Å²) in [6.45, 7) is 9.37. The molecule has 0 radical (unpaired) electrons. The van der Waals surface area contributed by atoms with Gasteiger partial charge >= 0.3 is 12.4 Å². The summed E-state index contributed by atoms with van der Waals surface area (Å²) in [5.41, 5.74) is -2.94. The lowest BCUT2D eigenvalue weighted by molar-refractivity contribution is -0.138. The number of piperazine rings is 1. The molecule has 1 fully saturated rings. The summed E-state index contributed by atoms with van der Waals surface area (Å²) < 4.78 is 84.5. The number of hydrogen-bond donors (Lipinski definition) is 1. The van der Waals surface area contributed by atoms with E-state index in [1.807, 2.05) is 32.8 Å². The van der Waals surface area contributed by atoms with Gasteiger partial charge in [-0.05, 0) is 0 Å². The minimum atomic E-state index is -4.71. The van der Waals surface area contributed by atoms with Crippen molar-refractivity contribution in [3.63, 3.8) is 0 Å². The van der Waals surface area contributed by atoms with Crippen molar-refractivity contribution in [2.45, 2.75) is 53.0 Å². The van der Waals surface area contributed by atoms with Crippen LogP contribution >= 0.6 is 0 Å². The normalized spacial score (nSPS) is 13.8. The Hall–Kier alpha value is -3.69. The predicted molar refractivity (Wildman–Crippen MR) is 139 cm³/mol. The number of carbonyl (C=O) groups excluding carboxylic acids is 1. The van der Waals surface area contributed by atoms with Crippen LogP contribution < -0.4 is 10.5 Å². The molecule has 3 aromatic rings. The third-order valence-corrected chi connectivity index (χ3v) is 5.82.